The second-order valence-corrected chi connectivity index (χ2v) is 6.00. The van der Waals surface area contributed by atoms with E-state index in [4.69, 9.17) is 9.52 Å². The summed E-state index contributed by atoms with van der Waals surface area (Å²) in [5.74, 6) is -0.403. The zero-order chi connectivity index (χ0) is 14.8. The van der Waals surface area contributed by atoms with Crippen molar-refractivity contribution in [2.24, 2.45) is 0 Å². The number of hydrogen-bond donors (Lipinski definition) is 2. The molecule has 0 aliphatic heterocycles. The van der Waals surface area contributed by atoms with Crippen LogP contribution in [-0.4, -0.2) is 13.5 Å². The Hall–Kier alpha value is -2.12. The third-order valence-corrected chi connectivity index (χ3v) is 4.00. The van der Waals surface area contributed by atoms with E-state index in [9.17, 15) is 13.2 Å². The molecule has 7 heteroatoms. The lowest BCUT2D eigenvalue weighted by Gasteiger charge is -2.06. The molecule has 1 aromatic heterocycles. The highest BCUT2D eigenvalue weighted by atomic mass is 32.2. The van der Waals surface area contributed by atoms with Gasteiger partial charge in [0, 0.05) is 6.07 Å². The van der Waals surface area contributed by atoms with Crippen molar-refractivity contribution in [2.75, 3.05) is 0 Å². The maximum absolute atomic E-state index is 12.0. The molecule has 0 saturated carbocycles. The zero-order valence-electron chi connectivity index (χ0n) is 10.7. The van der Waals surface area contributed by atoms with Gasteiger partial charge in [-0.3, -0.25) is 4.79 Å². The maximum atomic E-state index is 12.0. The molecule has 2 rings (SSSR count). The molecule has 0 amide bonds. The van der Waals surface area contributed by atoms with E-state index in [1.807, 2.05) is 0 Å². The van der Waals surface area contributed by atoms with Crippen LogP contribution in [-0.2, 0) is 16.6 Å². The molecule has 2 aromatic rings. The van der Waals surface area contributed by atoms with Gasteiger partial charge in [-0.05, 0) is 24.6 Å². The number of benzene rings is 1. The first-order valence-corrected chi connectivity index (χ1v) is 7.24. The van der Waals surface area contributed by atoms with Crippen LogP contribution in [0.1, 0.15) is 11.3 Å². The van der Waals surface area contributed by atoms with E-state index in [1.165, 1.54) is 12.1 Å². The van der Waals surface area contributed by atoms with E-state index in [0.29, 0.717) is 0 Å². The molecular weight excluding hydrogens is 282 g/mol. The Morgan fingerprint density at radius 1 is 1.30 bits per heavy atom. The highest BCUT2D eigenvalue weighted by Crippen LogP contribution is 2.11. The van der Waals surface area contributed by atoms with Crippen molar-refractivity contribution in [2.45, 2.75) is 18.4 Å². The number of hydrogen-bond acceptors (Lipinski definition) is 5. The van der Waals surface area contributed by atoms with Gasteiger partial charge in [0.15, 0.2) is 5.75 Å². The number of aromatic hydroxyl groups is 1. The lowest BCUT2D eigenvalue weighted by atomic mass is 10.2. The molecule has 1 heterocycles. The van der Waals surface area contributed by atoms with Gasteiger partial charge in [-0.2, -0.15) is 0 Å². The van der Waals surface area contributed by atoms with E-state index in [0.717, 1.165) is 17.9 Å². The van der Waals surface area contributed by atoms with Crippen LogP contribution in [0.5, 0.6) is 5.75 Å². The zero-order valence-corrected chi connectivity index (χ0v) is 11.5. The monoisotopic (exact) mass is 295 g/mol. The van der Waals surface area contributed by atoms with Gasteiger partial charge in [-0.1, -0.05) is 12.1 Å². The van der Waals surface area contributed by atoms with Crippen LogP contribution in [0.25, 0.3) is 0 Å². The number of aryl methyl sites for hydroxylation is 1. The summed E-state index contributed by atoms with van der Waals surface area (Å²) < 4.78 is 31.3. The minimum absolute atomic E-state index is 0.115. The molecule has 0 atom stereocenters. The first kappa shape index (κ1) is 14.3. The Morgan fingerprint density at radius 2 is 2.05 bits per heavy atom. The molecule has 0 unspecified atom stereocenters. The minimum Gasteiger partial charge on any atom is -0.502 e. The molecular formula is C13H13NO5S. The van der Waals surface area contributed by atoms with Crippen molar-refractivity contribution >= 4 is 10.0 Å². The fraction of sp³-hybridized carbons (Fsp3) is 0.154. The van der Waals surface area contributed by atoms with E-state index >= 15 is 0 Å². The predicted octanol–water partition coefficient (Wildman–Crippen LogP) is 1.13. The Balaban J connectivity index is 2.17. The van der Waals surface area contributed by atoms with Crippen LogP contribution in [0.3, 0.4) is 0 Å². The Labute approximate surface area is 115 Å². The molecule has 20 heavy (non-hydrogen) atoms. The van der Waals surface area contributed by atoms with Crippen molar-refractivity contribution in [1.82, 2.24) is 4.72 Å². The Kier molecular flexibility index (Phi) is 3.91. The molecule has 0 radical (unpaired) electrons. The topological polar surface area (TPSA) is 96.6 Å². The van der Waals surface area contributed by atoms with E-state index in [2.05, 4.69) is 4.72 Å². The van der Waals surface area contributed by atoms with Gasteiger partial charge in [0.2, 0.25) is 15.5 Å². The maximum Gasteiger partial charge on any atom is 0.240 e. The molecule has 0 saturated heterocycles. The molecule has 0 spiro atoms. The average molecular weight is 295 g/mol. The molecule has 106 valence electrons. The van der Waals surface area contributed by atoms with Crippen LogP contribution in [0.2, 0.25) is 0 Å². The summed E-state index contributed by atoms with van der Waals surface area (Å²) in [5, 5.41) is 9.04. The molecule has 0 fully saturated rings. The lowest BCUT2D eigenvalue weighted by Crippen LogP contribution is -2.23. The standard InChI is InChI=1S/C13H13NO5S/c1-9-3-2-4-11(5-9)20(17,18)14-7-10-6-12(15)13(16)8-19-10/h2-6,8,14,16H,7H2,1H3. The quantitative estimate of drug-likeness (QED) is 0.881. The summed E-state index contributed by atoms with van der Waals surface area (Å²) in [6.07, 6.45) is 0.874. The van der Waals surface area contributed by atoms with Crippen molar-refractivity contribution in [3.8, 4) is 5.75 Å². The fourth-order valence-corrected chi connectivity index (χ4v) is 2.67. The summed E-state index contributed by atoms with van der Waals surface area (Å²) in [6, 6.07) is 7.48. The average Bonchev–Trinajstić information content (AvgIpc) is 2.40. The second kappa shape index (κ2) is 5.48. The Bertz CT molecular complexity index is 779. The first-order valence-electron chi connectivity index (χ1n) is 5.75. The molecule has 0 aliphatic rings. The van der Waals surface area contributed by atoms with Gasteiger partial charge in [-0.25, -0.2) is 13.1 Å². The van der Waals surface area contributed by atoms with Crippen LogP contribution in [0.15, 0.2) is 50.7 Å². The van der Waals surface area contributed by atoms with Crippen LogP contribution >= 0.6 is 0 Å². The first-order chi connectivity index (χ1) is 9.38. The van der Waals surface area contributed by atoms with Crippen molar-refractivity contribution in [3.63, 3.8) is 0 Å². The van der Waals surface area contributed by atoms with Crippen molar-refractivity contribution < 1.29 is 17.9 Å². The predicted molar refractivity (Wildman–Crippen MR) is 71.8 cm³/mol. The summed E-state index contributed by atoms with van der Waals surface area (Å²) >= 11 is 0. The van der Waals surface area contributed by atoms with Gasteiger partial charge in [0.1, 0.15) is 12.0 Å². The van der Waals surface area contributed by atoms with Gasteiger partial charge in [0.05, 0.1) is 11.4 Å². The number of nitrogens with one attached hydrogen (secondary N) is 1. The van der Waals surface area contributed by atoms with E-state index < -0.39 is 21.2 Å². The third-order valence-electron chi connectivity index (χ3n) is 2.60. The van der Waals surface area contributed by atoms with Crippen LogP contribution in [0.4, 0.5) is 0 Å². The van der Waals surface area contributed by atoms with Gasteiger partial charge in [-0.15, -0.1) is 0 Å². The van der Waals surface area contributed by atoms with Gasteiger partial charge < -0.3 is 9.52 Å². The number of sulfonamides is 1. The lowest BCUT2D eigenvalue weighted by molar-refractivity contribution is 0.411. The molecule has 0 aliphatic carbocycles. The minimum atomic E-state index is -3.68. The second-order valence-electron chi connectivity index (χ2n) is 4.24. The molecule has 0 bridgehead atoms. The Morgan fingerprint density at radius 3 is 2.70 bits per heavy atom. The highest BCUT2D eigenvalue weighted by Gasteiger charge is 2.14. The van der Waals surface area contributed by atoms with Crippen LogP contribution in [0, 0.1) is 6.92 Å². The SMILES string of the molecule is Cc1cccc(S(=O)(=O)NCc2cc(=O)c(O)co2)c1. The largest absolute Gasteiger partial charge is 0.502 e. The van der Waals surface area contributed by atoms with Gasteiger partial charge in [0.25, 0.3) is 0 Å². The summed E-state index contributed by atoms with van der Waals surface area (Å²) in [7, 11) is -3.68. The van der Waals surface area contributed by atoms with E-state index in [1.54, 1.807) is 19.1 Å². The summed E-state index contributed by atoms with van der Waals surface area (Å²) in [6.45, 7) is 1.61. The smallest absolute Gasteiger partial charge is 0.240 e. The van der Waals surface area contributed by atoms with Gasteiger partial charge >= 0.3 is 0 Å². The molecule has 2 N–H and O–H groups in total. The third kappa shape index (κ3) is 3.25. The summed E-state index contributed by atoms with van der Waals surface area (Å²) in [4.78, 5) is 11.3. The van der Waals surface area contributed by atoms with E-state index in [-0.39, 0.29) is 17.2 Å². The fourth-order valence-electron chi connectivity index (χ4n) is 1.57. The summed E-state index contributed by atoms with van der Waals surface area (Å²) in [5.41, 5.74) is 0.199. The van der Waals surface area contributed by atoms with Crippen LogP contribution < -0.4 is 10.2 Å². The van der Waals surface area contributed by atoms with Crippen molar-refractivity contribution in [1.29, 1.82) is 0 Å². The van der Waals surface area contributed by atoms with Crippen molar-refractivity contribution in [3.05, 3.63) is 58.1 Å². The molecule has 6 nitrogen and oxygen atoms in total. The normalized spacial score (nSPS) is 11.4. The number of rotatable bonds is 4. The highest BCUT2D eigenvalue weighted by molar-refractivity contribution is 7.89. The molecule has 1 aromatic carbocycles.